The van der Waals surface area contributed by atoms with Gasteiger partial charge in [0.2, 0.25) is 11.8 Å². The van der Waals surface area contributed by atoms with E-state index in [-0.39, 0.29) is 23.5 Å². The number of rotatable bonds is 5. The number of hydrogen-bond donors (Lipinski definition) is 1. The summed E-state index contributed by atoms with van der Waals surface area (Å²) in [5.41, 5.74) is 5.37. The van der Waals surface area contributed by atoms with Crippen LogP contribution in [0.5, 0.6) is 0 Å². The van der Waals surface area contributed by atoms with Gasteiger partial charge < -0.3 is 10.6 Å². The van der Waals surface area contributed by atoms with Gasteiger partial charge in [0.05, 0.1) is 4.92 Å². The first-order valence-corrected chi connectivity index (χ1v) is 5.82. The van der Waals surface area contributed by atoms with Gasteiger partial charge in [0, 0.05) is 13.1 Å². The Labute approximate surface area is 106 Å². The van der Waals surface area contributed by atoms with E-state index in [1.807, 2.05) is 6.92 Å². The van der Waals surface area contributed by atoms with Crippen molar-refractivity contribution < 1.29 is 4.92 Å². The molecule has 1 aromatic rings. The van der Waals surface area contributed by atoms with Crippen LogP contribution in [0.4, 0.5) is 17.5 Å². The van der Waals surface area contributed by atoms with Crippen molar-refractivity contribution in [1.29, 1.82) is 0 Å². The Morgan fingerprint density at radius 2 is 2.11 bits per heavy atom. The third kappa shape index (κ3) is 3.28. The molecule has 7 heteroatoms. The molecule has 0 fully saturated rings. The molecule has 7 nitrogen and oxygen atoms in total. The molecule has 100 valence electrons. The van der Waals surface area contributed by atoms with E-state index in [1.54, 1.807) is 11.9 Å². The smallest absolute Gasteiger partial charge is 0.329 e. The predicted molar refractivity (Wildman–Crippen MR) is 70.4 cm³/mol. The molecule has 0 aromatic carbocycles. The first kappa shape index (κ1) is 14.1. The lowest BCUT2D eigenvalue weighted by Crippen LogP contribution is -2.31. The van der Waals surface area contributed by atoms with Gasteiger partial charge in [-0.15, -0.1) is 0 Å². The lowest BCUT2D eigenvalue weighted by Gasteiger charge is -2.26. The van der Waals surface area contributed by atoms with Crippen molar-refractivity contribution in [2.45, 2.75) is 33.2 Å². The summed E-state index contributed by atoms with van der Waals surface area (Å²) >= 11 is 0. The van der Waals surface area contributed by atoms with Crippen molar-refractivity contribution in [1.82, 2.24) is 9.97 Å². The largest absolute Gasteiger partial charge is 0.368 e. The van der Waals surface area contributed by atoms with E-state index >= 15 is 0 Å². The molecule has 1 atom stereocenters. The van der Waals surface area contributed by atoms with Crippen LogP contribution < -0.4 is 10.6 Å². The molecule has 1 unspecified atom stereocenters. The quantitative estimate of drug-likeness (QED) is 0.635. The highest BCUT2D eigenvalue weighted by Gasteiger charge is 2.23. The molecule has 0 aliphatic rings. The SMILES string of the molecule is CC(C)CC(C)N(C)c1nc(N)ncc1[N+](=O)[O-]. The Kier molecular flexibility index (Phi) is 4.41. The molecule has 0 aliphatic heterocycles. The monoisotopic (exact) mass is 253 g/mol. The zero-order chi connectivity index (χ0) is 13.9. The molecule has 0 spiro atoms. The second-order valence-corrected chi connectivity index (χ2v) is 4.78. The highest BCUT2D eigenvalue weighted by atomic mass is 16.6. The lowest BCUT2D eigenvalue weighted by atomic mass is 10.0. The van der Waals surface area contributed by atoms with Crippen LogP contribution in [0.25, 0.3) is 0 Å². The van der Waals surface area contributed by atoms with Gasteiger partial charge in [-0.1, -0.05) is 13.8 Å². The van der Waals surface area contributed by atoms with Crippen LogP contribution in [0.2, 0.25) is 0 Å². The van der Waals surface area contributed by atoms with Gasteiger partial charge in [-0.05, 0) is 19.3 Å². The third-order valence-electron chi connectivity index (χ3n) is 2.77. The second-order valence-electron chi connectivity index (χ2n) is 4.78. The van der Waals surface area contributed by atoms with E-state index in [9.17, 15) is 10.1 Å². The molecule has 0 saturated carbocycles. The molecule has 0 saturated heterocycles. The summed E-state index contributed by atoms with van der Waals surface area (Å²) in [5.74, 6) is 0.806. The summed E-state index contributed by atoms with van der Waals surface area (Å²) in [6.07, 6.45) is 2.06. The van der Waals surface area contributed by atoms with Crippen molar-refractivity contribution in [2.75, 3.05) is 17.7 Å². The molecule has 0 aliphatic carbocycles. The fourth-order valence-electron chi connectivity index (χ4n) is 1.82. The highest BCUT2D eigenvalue weighted by molar-refractivity contribution is 5.58. The van der Waals surface area contributed by atoms with Crippen LogP contribution in [0.3, 0.4) is 0 Å². The number of nitrogens with zero attached hydrogens (tertiary/aromatic N) is 4. The standard InChI is InChI=1S/C11H19N5O2/c1-7(2)5-8(3)15(4)10-9(16(17)18)6-13-11(12)14-10/h6-8H,5H2,1-4H3,(H2,12,13,14). The summed E-state index contributed by atoms with van der Waals surface area (Å²) in [5, 5.41) is 10.9. The predicted octanol–water partition coefficient (Wildman–Crippen LogP) is 1.84. The molecule has 1 heterocycles. The van der Waals surface area contributed by atoms with Gasteiger partial charge in [0.15, 0.2) is 0 Å². The van der Waals surface area contributed by atoms with E-state index in [2.05, 4.69) is 23.8 Å². The number of nitro groups is 1. The zero-order valence-corrected chi connectivity index (χ0v) is 11.1. The number of nitrogens with two attached hydrogens (primary N) is 1. The third-order valence-corrected chi connectivity index (χ3v) is 2.77. The fraction of sp³-hybridized carbons (Fsp3) is 0.636. The molecule has 18 heavy (non-hydrogen) atoms. The molecule has 0 radical (unpaired) electrons. The first-order valence-electron chi connectivity index (χ1n) is 5.82. The first-order chi connectivity index (χ1) is 8.32. The number of hydrogen-bond acceptors (Lipinski definition) is 6. The maximum Gasteiger partial charge on any atom is 0.329 e. The molecular weight excluding hydrogens is 234 g/mol. The Balaban J connectivity index is 3.06. The van der Waals surface area contributed by atoms with E-state index in [0.29, 0.717) is 5.92 Å². The molecule has 1 aromatic heterocycles. The van der Waals surface area contributed by atoms with Gasteiger partial charge in [-0.25, -0.2) is 4.98 Å². The molecule has 1 rings (SSSR count). The highest BCUT2D eigenvalue weighted by Crippen LogP contribution is 2.27. The minimum Gasteiger partial charge on any atom is -0.368 e. The van der Waals surface area contributed by atoms with E-state index in [0.717, 1.165) is 12.6 Å². The van der Waals surface area contributed by atoms with Crippen molar-refractivity contribution in [3.05, 3.63) is 16.3 Å². The van der Waals surface area contributed by atoms with Crippen LogP contribution in [0.1, 0.15) is 27.2 Å². The van der Waals surface area contributed by atoms with Gasteiger partial charge in [0.1, 0.15) is 6.20 Å². The summed E-state index contributed by atoms with van der Waals surface area (Å²) < 4.78 is 0. The van der Waals surface area contributed by atoms with Crippen LogP contribution in [-0.4, -0.2) is 28.0 Å². The summed E-state index contributed by atoms with van der Waals surface area (Å²) in [4.78, 5) is 19.9. The number of anilines is 2. The van der Waals surface area contributed by atoms with Gasteiger partial charge in [0.25, 0.3) is 0 Å². The molecule has 0 amide bonds. The van der Waals surface area contributed by atoms with Crippen molar-refractivity contribution in [3.63, 3.8) is 0 Å². The average molecular weight is 253 g/mol. The average Bonchev–Trinajstić information content (AvgIpc) is 2.26. The number of aromatic nitrogens is 2. The van der Waals surface area contributed by atoms with Crippen LogP contribution in [0.15, 0.2) is 6.20 Å². The Morgan fingerprint density at radius 3 is 2.61 bits per heavy atom. The summed E-state index contributed by atoms with van der Waals surface area (Å²) in [7, 11) is 1.78. The molecule has 2 N–H and O–H groups in total. The molecule has 0 bridgehead atoms. The Bertz CT molecular complexity index is 435. The van der Waals surface area contributed by atoms with Crippen LogP contribution >= 0.6 is 0 Å². The maximum absolute atomic E-state index is 10.9. The normalized spacial score (nSPS) is 12.5. The summed E-state index contributed by atoms with van der Waals surface area (Å²) in [6.45, 7) is 6.21. The minimum atomic E-state index is -0.493. The summed E-state index contributed by atoms with van der Waals surface area (Å²) in [6, 6.07) is 0.137. The van der Waals surface area contributed by atoms with Crippen molar-refractivity contribution >= 4 is 17.5 Å². The lowest BCUT2D eigenvalue weighted by molar-refractivity contribution is -0.384. The van der Waals surface area contributed by atoms with Crippen LogP contribution in [-0.2, 0) is 0 Å². The Morgan fingerprint density at radius 1 is 1.50 bits per heavy atom. The topological polar surface area (TPSA) is 98.2 Å². The van der Waals surface area contributed by atoms with Gasteiger partial charge in [-0.3, -0.25) is 10.1 Å². The Hall–Kier alpha value is -1.92. The van der Waals surface area contributed by atoms with Gasteiger partial charge >= 0.3 is 5.69 Å². The minimum absolute atomic E-state index is 0.0409. The van der Waals surface area contributed by atoms with Crippen molar-refractivity contribution in [3.8, 4) is 0 Å². The van der Waals surface area contributed by atoms with Crippen LogP contribution in [0, 0.1) is 16.0 Å². The molecular formula is C11H19N5O2. The van der Waals surface area contributed by atoms with E-state index < -0.39 is 4.92 Å². The van der Waals surface area contributed by atoms with Gasteiger partial charge in [-0.2, -0.15) is 4.98 Å². The number of nitrogen functional groups attached to an aromatic ring is 1. The second kappa shape index (κ2) is 5.61. The van der Waals surface area contributed by atoms with E-state index in [4.69, 9.17) is 5.73 Å². The van der Waals surface area contributed by atoms with Crippen molar-refractivity contribution in [2.24, 2.45) is 5.92 Å². The zero-order valence-electron chi connectivity index (χ0n) is 11.1. The van der Waals surface area contributed by atoms with E-state index in [1.165, 1.54) is 0 Å². The fourth-order valence-corrected chi connectivity index (χ4v) is 1.82. The maximum atomic E-state index is 10.9.